The highest BCUT2D eigenvalue weighted by Crippen LogP contribution is 2.26. The Bertz CT molecular complexity index is 838. The Balaban J connectivity index is 1.64. The number of aromatic nitrogens is 3. The number of carbonyl (C=O) groups excluding carboxylic acids is 1. The van der Waals surface area contributed by atoms with Crippen molar-refractivity contribution in [2.75, 3.05) is 0 Å². The van der Waals surface area contributed by atoms with Crippen LogP contribution in [0.15, 0.2) is 60.9 Å². The summed E-state index contributed by atoms with van der Waals surface area (Å²) in [6, 6.07) is 13.3. The number of para-hydroxylation sites is 1. The van der Waals surface area contributed by atoms with Gasteiger partial charge in [0.05, 0.1) is 12.2 Å². The summed E-state index contributed by atoms with van der Waals surface area (Å²) in [5.74, 6) is -0.0267. The van der Waals surface area contributed by atoms with Crippen LogP contribution in [-0.4, -0.2) is 20.9 Å². The van der Waals surface area contributed by atoms with Gasteiger partial charge in [-0.15, -0.1) is 5.10 Å². The topological polar surface area (TPSA) is 69.0 Å². The Labute approximate surface area is 144 Å². The van der Waals surface area contributed by atoms with Crippen molar-refractivity contribution in [3.05, 3.63) is 72.3 Å². The zero-order chi connectivity index (χ0) is 17.6. The average Bonchev–Trinajstić information content (AvgIpc) is 3.10. The van der Waals surface area contributed by atoms with E-state index in [-0.39, 0.29) is 24.2 Å². The Morgan fingerprint density at radius 3 is 2.76 bits per heavy atom. The third-order valence-corrected chi connectivity index (χ3v) is 3.58. The highest BCUT2D eigenvalue weighted by atomic mass is 19.1. The van der Waals surface area contributed by atoms with Gasteiger partial charge in [-0.1, -0.05) is 29.5 Å². The molecule has 0 aliphatic heterocycles. The summed E-state index contributed by atoms with van der Waals surface area (Å²) in [7, 11) is 0. The smallest absolute Gasteiger partial charge is 0.242 e. The molecule has 0 radical (unpaired) electrons. The molecule has 0 saturated heterocycles. The number of hydrogen-bond donors (Lipinski definition) is 1. The highest BCUT2D eigenvalue weighted by molar-refractivity contribution is 5.76. The van der Waals surface area contributed by atoms with Crippen LogP contribution in [0, 0.1) is 5.82 Å². The molecule has 1 N–H and O–H groups in total. The van der Waals surface area contributed by atoms with Crippen LogP contribution in [0.4, 0.5) is 4.39 Å². The minimum Gasteiger partial charge on any atom is -0.454 e. The summed E-state index contributed by atoms with van der Waals surface area (Å²) >= 11 is 0. The predicted molar refractivity (Wildman–Crippen MR) is 89.5 cm³/mol. The number of halogens is 1. The highest BCUT2D eigenvalue weighted by Gasteiger charge is 2.13. The van der Waals surface area contributed by atoms with E-state index >= 15 is 0 Å². The first-order valence-corrected chi connectivity index (χ1v) is 7.77. The van der Waals surface area contributed by atoms with E-state index in [1.165, 1.54) is 16.9 Å². The molecule has 6 nitrogen and oxygen atoms in total. The van der Waals surface area contributed by atoms with Crippen molar-refractivity contribution in [3.63, 3.8) is 0 Å². The van der Waals surface area contributed by atoms with Crippen molar-refractivity contribution < 1.29 is 13.9 Å². The third-order valence-electron chi connectivity index (χ3n) is 3.58. The Kier molecular flexibility index (Phi) is 5.03. The quantitative estimate of drug-likeness (QED) is 0.749. The van der Waals surface area contributed by atoms with E-state index in [9.17, 15) is 9.18 Å². The molecule has 0 aliphatic carbocycles. The van der Waals surface area contributed by atoms with Crippen molar-refractivity contribution in [3.8, 4) is 11.5 Å². The number of benzene rings is 2. The SMILES string of the molecule is C[C@@H](NC(=O)Cn1ccnn1)c1ccc(Oc2ccccc2)c(F)c1. The lowest BCUT2D eigenvalue weighted by atomic mass is 10.1. The summed E-state index contributed by atoms with van der Waals surface area (Å²) in [6.45, 7) is 1.84. The molecule has 0 saturated carbocycles. The van der Waals surface area contributed by atoms with E-state index in [0.717, 1.165) is 0 Å². The van der Waals surface area contributed by atoms with Gasteiger partial charge in [-0.3, -0.25) is 4.79 Å². The number of amides is 1. The van der Waals surface area contributed by atoms with Crippen LogP contribution in [0.5, 0.6) is 11.5 Å². The van der Waals surface area contributed by atoms with E-state index in [2.05, 4.69) is 15.6 Å². The molecule has 0 aliphatic rings. The molecule has 25 heavy (non-hydrogen) atoms. The number of carbonyl (C=O) groups is 1. The van der Waals surface area contributed by atoms with Gasteiger partial charge in [-0.25, -0.2) is 9.07 Å². The average molecular weight is 340 g/mol. The van der Waals surface area contributed by atoms with Crippen LogP contribution in [0.25, 0.3) is 0 Å². The van der Waals surface area contributed by atoms with Crippen LogP contribution in [0.1, 0.15) is 18.5 Å². The summed E-state index contributed by atoms with van der Waals surface area (Å²) < 4.78 is 21.2. The van der Waals surface area contributed by atoms with Gasteiger partial charge in [-0.05, 0) is 36.8 Å². The molecule has 0 fully saturated rings. The number of nitrogens with one attached hydrogen (secondary N) is 1. The van der Waals surface area contributed by atoms with Gasteiger partial charge in [0.15, 0.2) is 11.6 Å². The minimum absolute atomic E-state index is 0.0576. The lowest BCUT2D eigenvalue weighted by Gasteiger charge is -2.15. The second kappa shape index (κ2) is 7.57. The maximum absolute atomic E-state index is 14.3. The van der Waals surface area contributed by atoms with E-state index < -0.39 is 5.82 Å². The summed E-state index contributed by atoms with van der Waals surface area (Å²) in [6.07, 6.45) is 3.09. The molecular formula is C18H17FN4O2. The summed E-state index contributed by atoms with van der Waals surface area (Å²) in [5, 5.41) is 10.2. The number of rotatable bonds is 6. The zero-order valence-corrected chi connectivity index (χ0v) is 13.6. The molecule has 7 heteroatoms. The Morgan fingerprint density at radius 2 is 2.08 bits per heavy atom. The van der Waals surface area contributed by atoms with Crippen molar-refractivity contribution in [1.82, 2.24) is 20.3 Å². The van der Waals surface area contributed by atoms with Crippen molar-refractivity contribution in [1.29, 1.82) is 0 Å². The van der Waals surface area contributed by atoms with Crippen LogP contribution >= 0.6 is 0 Å². The molecule has 1 amide bonds. The molecule has 0 spiro atoms. The zero-order valence-electron chi connectivity index (χ0n) is 13.6. The maximum atomic E-state index is 14.3. The van der Waals surface area contributed by atoms with Gasteiger partial charge in [0, 0.05) is 6.20 Å². The first-order valence-electron chi connectivity index (χ1n) is 7.77. The summed E-state index contributed by atoms with van der Waals surface area (Å²) in [5.41, 5.74) is 0.643. The Morgan fingerprint density at radius 1 is 1.28 bits per heavy atom. The van der Waals surface area contributed by atoms with E-state index in [0.29, 0.717) is 11.3 Å². The molecule has 2 aromatic carbocycles. The van der Waals surface area contributed by atoms with Crippen LogP contribution in [-0.2, 0) is 11.3 Å². The van der Waals surface area contributed by atoms with Gasteiger partial charge < -0.3 is 10.1 Å². The standard InChI is InChI=1S/C18H17FN4O2/c1-13(21-18(24)12-23-10-9-20-22-23)14-7-8-17(16(19)11-14)25-15-5-3-2-4-6-15/h2-11,13H,12H2,1H3,(H,21,24)/t13-/m1/s1. The van der Waals surface area contributed by atoms with Crippen molar-refractivity contribution >= 4 is 5.91 Å². The molecule has 0 bridgehead atoms. The Hall–Kier alpha value is -3.22. The van der Waals surface area contributed by atoms with Gasteiger partial charge in [0.1, 0.15) is 12.3 Å². The van der Waals surface area contributed by atoms with Gasteiger partial charge >= 0.3 is 0 Å². The number of nitrogens with zero attached hydrogens (tertiary/aromatic N) is 3. The molecule has 0 unspecified atom stereocenters. The second-order valence-corrected chi connectivity index (χ2v) is 5.49. The number of ether oxygens (including phenoxy) is 1. The van der Waals surface area contributed by atoms with E-state index in [4.69, 9.17) is 4.74 Å². The molecule has 128 valence electrons. The second-order valence-electron chi connectivity index (χ2n) is 5.49. The monoisotopic (exact) mass is 340 g/mol. The lowest BCUT2D eigenvalue weighted by molar-refractivity contribution is -0.122. The number of hydrogen-bond acceptors (Lipinski definition) is 4. The fraction of sp³-hybridized carbons (Fsp3) is 0.167. The first-order chi connectivity index (χ1) is 12.1. The minimum atomic E-state index is -0.487. The lowest BCUT2D eigenvalue weighted by Crippen LogP contribution is -2.30. The largest absolute Gasteiger partial charge is 0.454 e. The molecular weight excluding hydrogens is 323 g/mol. The fourth-order valence-corrected chi connectivity index (χ4v) is 2.32. The fourth-order valence-electron chi connectivity index (χ4n) is 2.32. The van der Waals surface area contributed by atoms with Crippen LogP contribution in [0.3, 0.4) is 0 Å². The molecule has 3 rings (SSSR count). The maximum Gasteiger partial charge on any atom is 0.242 e. The van der Waals surface area contributed by atoms with Gasteiger partial charge in [0.2, 0.25) is 5.91 Å². The van der Waals surface area contributed by atoms with E-state index in [1.54, 1.807) is 37.4 Å². The first kappa shape index (κ1) is 16.6. The molecule has 3 aromatic rings. The van der Waals surface area contributed by atoms with Crippen molar-refractivity contribution in [2.24, 2.45) is 0 Å². The molecule has 1 aromatic heterocycles. The van der Waals surface area contributed by atoms with Gasteiger partial charge in [0.25, 0.3) is 0 Å². The van der Waals surface area contributed by atoms with E-state index in [1.807, 2.05) is 18.2 Å². The summed E-state index contributed by atoms with van der Waals surface area (Å²) in [4.78, 5) is 12.0. The molecule has 1 atom stereocenters. The van der Waals surface area contributed by atoms with Crippen LogP contribution in [0.2, 0.25) is 0 Å². The normalized spacial score (nSPS) is 11.8. The van der Waals surface area contributed by atoms with Crippen LogP contribution < -0.4 is 10.1 Å². The van der Waals surface area contributed by atoms with Crippen molar-refractivity contribution in [2.45, 2.75) is 19.5 Å². The predicted octanol–water partition coefficient (Wildman–Crippen LogP) is 3.09. The third kappa shape index (κ3) is 4.41. The van der Waals surface area contributed by atoms with Gasteiger partial charge in [-0.2, -0.15) is 0 Å². The molecule has 1 heterocycles.